The van der Waals surface area contributed by atoms with Crippen LogP contribution < -0.4 is 10.6 Å². The van der Waals surface area contributed by atoms with Gasteiger partial charge in [0.2, 0.25) is 11.8 Å². The minimum absolute atomic E-state index is 0.0121. The number of amides is 2. The molecule has 1 heterocycles. The fraction of sp³-hybridized carbons (Fsp3) is 0.429. The molecule has 0 unspecified atom stereocenters. The zero-order chi connectivity index (χ0) is 20.7. The molecular weight excluding hydrogens is 372 g/mol. The number of allylic oxidation sites excluding steroid dienone is 1. The molecule has 0 aliphatic carbocycles. The molecule has 6 nitrogen and oxygen atoms in total. The number of carbonyl (C=O) groups excluding carboxylic acids is 2. The summed E-state index contributed by atoms with van der Waals surface area (Å²) in [6.07, 6.45) is 1.69. The Kier molecular flexibility index (Phi) is 7.25. The van der Waals surface area contributed by atoms with E-state index in [1.807, 2.05) is 31.2 Å². The summed E-state index contributed by atoms with van der Waals surface area (Å²) >= 11 is 1.12. The Bertz CT molecular complexity index is 849. The van der Waals surface area contributed by atoms with Gasteiger partial charge in [0, 0.05) is 11.5 Å². The number of hydrogen-bond acceptors (Lipinski definition) is 5. The van der Waals surface area contributed by atoms with Crippen LogP contribution in [0.2, 0.25) is 0 Å². The van der Waals surface area contributed by atoms with E-state index in [-0.39, 0.29) is 17.7 Å². The van der Waals surface area contributed by atoms with Gasteiger partial charge in [0.25, 0.3) is 0 Å². The molecule has 2 amide bonds. The van der Waals surface area contributed by atoms with Crippen molar-refractivity contribution >= 4 is 23.6 Å². The van der Waals surface area contributed by atoms with Crippen LogP contribution in [0.3, 0.4) is 0 Å². The summed E-state index contributed by atoms with van der Waals surface area (Å²) in [7, 11) is 0. The van der Waals surface area contributed by atoms with Gasteiger partial charge in [-0.05, 0) is 25.3 Å². The van der Waals surface area contributed by atoms with E-state index in [0.29, 0.717) is 10.6 Å². The molecule has 1 aliphatic heterocycles. The minimum Gasteiger partial charge on any atom is -0.353 e. The Morgan fingerprint density at radius 3 is 2.61 bits per heavy atom. The summed E-state index contributed by atoms with van der Waals surface area (Å²) in [6.45, 7) is 5.35. The van der Waals surface area contributed by atoms with Crippen LogP contribution in [-0.4, -0.2) is 23.6 Å². The SMILES string of the molecule is C[C@H](CCc1ccccc1)NC(=O)CSC1=C(C#N)C(C)(C)[C@H](C#N)C(=O)N1. The summed E-state index contributed by atoms with van der Waals surface area (Å²) in [5.74, 6) is -1.45. The molecule has 0 fully saturated rings. The number of thioether (sulfide) groups is 1. The largest absolute Gasteiger partial charge is 0.353 e. The molecule has 146 valence electrons. The summed E-state index contributed by atoms with van der Waals surface area (Å²) in [5.41, 5.74) is 0.655. The number of carbonyl (C=O) groups is 2. The highest BCUT2D eigenvalue weighted by atomic mass is 32.2. The van der Waals surface area contributed by atoms with Gasteiger partial charge in [-0.1, -0.05) is 55.9 Å². The molecule has 28 heavy (non-hydrogen) atoms. The monoisotopic (exact) mass is 396 g/mol. The first-order valence-corrected chi connectivity index (χ1v) is 10.1. The van der Waals surface area contributed by atoms with E-state index in [1.165, 1.54) is 5.56 Å². The molecule has 2 atom stereocenters. The lowest BCUT2D eigenvalue weighted by molar-refractivity contribution is -0.125. The van der Waals surface area contributed by atoms with Gasteiger partial charge in [0.15, 0.2) is 0 Å². The fourth-order valence-electron chi connectivity index (χ4n) is 3.09. The third-order valence-electron chi connectivity index (χ3n) is 4.80. The van der Waals surface area contributed by atoms with Gasteiger partial charge >= 0.3 is 0 Å². The average Bonchev–Trinajstić information content (AvgIpc) is 2.65. The molecular formula is C21H24N4O2S. The number of nitrogens with zero attached hydrogens (tertiary/aromatic N) is 2. The standard InChI is InChI=1S/C21H24N4O2S/c1-14(9-10-15-7-5-4-6-8-15)24-18(26)13-28-20-17(12-23)21(2,3)16(11-22)19(27)25-20/h4-8,14,16H,9-10,13H2,1-3H3,(H,24,26)(H,25,27)/t14-,16-/m1/s1. The number of benzene rings is 1. The second kappa shape index (κ2) is 9.43. The van der Waals surface area contributed by atoms with E-state index in [2.05, 4.69) is 28.8 Å². The molecule has 0 aromatic heterocycles. The maximum atomic E-state index is 12.3. The van der Waals surface area contributed by atoms with E-state index >= 15 is 0 Å². The van der Waals surface area contributed by atoms with Crippen molar-refractivity contribution in [2.75, 3.05) is 5.75 Å². The number of rotatable bonds is 7. The van der Waals surface area contributed by atoms with Crippen molar-refractivity contribution in [3.8, 4) is 12.1 Å². The Morgan fingerprint density at radius 1 is 1.32 bits per heavy atom. The minimum atomic E-state index is -0.932. The third kappa shape index (κ3) is 5.15. The molecule has 1 aromatic rings. The number of nitriles is 2. The van der Waals surface area contributed by atoms with Crippen LogP contribution in [0.15, 0.2) is 40.9 Å². The van der Waals surface area contributed by atoms with Gasteiger partial charge in [-0.15, -0.1) is 0 Å². The highest BCUT2D eigenvalue weighted by Crippen LogP contribution is 2.41. The molecule has 7 heteroatoms. The van der Waals surface area contributed by atoms with E-state index in [9.17, 15) is 20.1 Å². The van der Waals surface area contributed by atoms with Crippen LogP contribution in [0.25, 0.3) is 0 Å². The van der Waals surface area contributed by atoms with Crippen molar-refractivity contribution in [2.45, 2.75) is 39.7 Å². The number of aryl methyl sites for hydroxylation is 1. The molecule has 0 radical (unpaired) electrons. The lowest BCUT2D eigenvalue weighted by Gasteiger charge is -2.34. The van der Waals surface area contributed by atoms with Gasteiger partial charge in [0.1, 0.15) is 5.92 Å². The van der Waals surface area contributed by atoms with Crippen LogP contribution in [-0.2, 0) is 16.0 Å². The summed E-state index contributed by atoms with van der Waals surface area (Å²) < 4.78 is 0. The Hall–Kier alpha value is -2.77. The van der Waals surface area contributed by atoms with Gasteiger partial charge < -0.3 is 10.6 Å². The summed E-state index contributed by atoms with van der Waals surface area (Å²) in [6, 6.07) is 14.1. The maximum absolute atomic E-state index is 12.3. The van der Waals surface area contributed by atoms with E-state index in [0.717, 1.165) is 24.6 Å². The van der Waals surface area contributed by atoms with E-state index in [4.69, 9.17) is 0 Å². The Labute approximate surface area is 170 Å². The van der Waals surface area contributed by atoms with Crippen LogP contribution >= 0.6 is 11.8 Å². The normalized spacial score (nSPS) is 19.2. The van der Waals surface area contributed by atoms with Gasteiger partial charge in [0.05, 0.1) is 28.5 Å². The second-order valence-corrected chi connectivity index (χ2v) is 8.36. The number of hydrogen-bond donors (Lipinski definition) is 2. The lowest BCUT2D eigenvalue weighted by atomic mass is 9.72. The molecule has 1 aliphatic rings. The predicted octanol–water partition coefficient (Wildman–Crippen LogP) is 2.89. The van der Waals surface area contributed by atoms with Crippen LogP contribution in [0, 0.1) is 34.0 Å². The first kappa shape index (κ1) is 21.5. The van der Waals surface area contributed by atoms with Crippen molar-refractivity contribution in [3.05, 3.63) is 46.5 Å². The lowest BCUT2D eigenvalue weighted by Crippen LogP contribution is -2.44. The Balaban J connectivity index is 1.92. The number of nitrogens with one attached hydrogen (secondary N) is 2. The molecule has 0 spiro atoms. The second-order valence-electron chi connectivity index (χ2n) is 7.37. The summed E-state index contributed by atoms with van der Waals surface area (Å²) in [4.78, 5) is 24.4. The molecule has 0 saturated heterocycles. The van der Waals surface area contributed by atoms with Gasteiger partial charge in [-0.3, -0.25) is 9.59 Å². The van der Waals surface area contributed by atoms with Crippen molar-refractivity contribution in [1.82, 2.24) is 10.6 Å². The fourth-order valence-corrected chi connectivity index (χ4v) is 4.07. The quantitative estimate of drug-likeness (QED) is 0.737. The van der Waals surface area contributed by atoms with Crippen LogP contribution in [0.1, 0.15) is 32.8 Å². The first-order valence-electron chi connectivity index (χ1n) is 9.11. The predicted molar refractivity (Wildman–Crippen MR) is 108 cm³/mol. The van der Waals surface area contributed by atoms with Gasteiger partial charge in [-0.2, -0.15) is 10.5 Å². The zero-order valence-electron chi connectivity index (χ0n) is 16.3. The van der Waals surface area contributed by atoms with Crippen molar-refractivity contribution in [3.63, 3.8) is 0 Å². The molecule has 0 bridgehead atoms. The first-order chi connectivity index (χ1) is 13.3. The van der Waals surface area contributed by atoms with Gasteiger partial charge in [-0.25, -0.2) is 0 Å². The third-order valence-corrected chi connectivity index (χ3v) is 5.80. The maximum Gasteiger partial charge on any atom is 0.243 e. The zero-order valence-corrected chi connectivity index (χ0v) is 17.1. The average molecular weight is 397 g/mol. The van der Waals surface area contributed by atoms with Crippen molar-refractivity contribution in [2.24, 2.45) is 11.3 Å². The van der Waals surface area contributed by atoms with Crippen LogP contribution in [0.5, 0.6) is 0 Å². The van der Waals surface area contributed by atoms with Crippen molar-refractivity contribution in [1.29, 1.82) is 10.5 Å². The van der Waals surface area contributed by atoms with E-state index < -0.39 is 17.2 Å². The Morgan fingerprint density at radius 2 is 2.00 bits per heavy atom. The summed E-state index contributed by atoms with van der Waals surface area (Å²) in [5, 5.41) is 24.6. The van der Waals surface area contributed by atoms with E-state index in [1.54, 1.807) is 13.8 Å². The highest BCUT2D eigenvalue weighted by Gasteiger charge is 2.44. The topological polar surface area (TPSA) is 106 Å². The highest BCUT2D eigenvalue weighted by molar-refractivity contribution is 8.03. The molecule has 2 rings (SSSR count). The molecule has 2 N–H and O–H groups in total. The smallest absolute Gasteiger partial charge is 0.243 e. The molecule has 0 saturated carbocycles. The van der Waals surface area contributed by atoms with Crippen molar-refractivity contribution < 1.29 is 9.59 Å². The van der Waals surface area contributed by atoms with Crippen LogP contribution in [0.4, 0.5) is 0 Å². The molecule has 1 aromatic carbocycles.